The first-order chi connectivity index (χ1) is 7.18. The maximum Gasteiger partial charge on any atom is 0.0515 e. The summed E-state index contributed by atoms with van der Waals surface area (Å²) in [6.07, 6.45) is 3.30. The van der Waals surface area contributed by atoms with Crippen LogP contribution in [0.25, 0.3) is 11.1 Å². The van der Waals surface area contributed by atoms with Crippen LogP contribution in [0, 0.1) is 0 Å². The maximum atomic E-state index is 6.06. The highest BCUT2D eigenvalue weighted by molar-refractivity contribution is 6.37. The van der Waals surface area contributed by atoms with Crippen molar-refractivity contribution in [3.63, 3.8) is 0 Å². The predicted octanol–water partition coefficient (Wildman–Crippen LogP) is 4.71. The van der Waals surface area contributed by atoms with E-state index in [4.69, 9.17) is 34.8 Å². The van der Waals surface area contributed by atoms with Crippen molar-refractivity contribution in [1.29, 1.82) is 0 Å². The quantitative estimate of drug-likeness (QED) is 0.722. The molecule has 4 heteroatoms. The number of rotatable bonds is 1. The molecule has 76 valence electrons. The Kier molecular flexibility index (Phi) is 3.15. The molecule has 0 unspecified atom stereocenters. The fourth-order valence-electron chi connectivity index (χ4n) is 1.28. The Morgan fingerprint density at radius 2 is 1.60 bits per heavy atom. The molecule has 15 heavy (non-hydrogen) atoms. The Morgan fingerprint density at radius 1 is 0.867 bits per heavy atom. The Morgan fingerprint density at radius 3 is 2.33 bits per heavy atom. The zero-order valence-electron chi connectivity index (χ0n) is 7.55. The lowest BCUT2D eigenvalue weighted by Gasteiger charge is -2.06. The lowest BCUT2D eigenvalue weighted by molar-refractivity contribution is 1.33. The molecule has 0 fully saturated rings. The summed E-state index contributed by atoms with van der Waals surface area (Å²) in [6, 6.07) is 6.96. The molecular formula is C11H6Cl3N. The van der Waals surface area contributed by atoms with Crippen molar-refractivity contribution < 1.29 is 0 Å². The molecule has 1 nitrogen and oxygen atoms in total. The van der Waals surface area contributed by atoms with Crippen molar-refractivity contribution in [2.24, 2.45) is 0 Å². The van der Waals surface area contributed by atoms with E-state index in [2.05, 4.69) is 4.98 Å². The van der Waals surface area contributed by atoms with E-state index < -0.39 is 0 Å². The molecule has 0 saturated heterocycles. The molecule has 1 heterocycles. The maximum absolute atomic E-state index is 6.06. The highest BCUT2D eigenvalue weighted by atomic mass is 35.5. The fourth-order valence-corrected chi connectivity index (χ4v) is 1.88. The van der Waals surface area contributed by atoms with Crippen LogP contribution in [0.2, 0.25) is 15.1 Å². The van der Waals surface area contributed by atoms with Gasteiger partial charge in [0.1, 0.15) is 0 Å². The molecule has 2 aromatic rings. The van der Waals surface area contributed by atoms with Crippen LogP contribution in [0.3, 0.4) is 0 Å². The molecule has 1 aromatic heterocycles. The molecule has 0 amide bonds. The van der Waals surface area contributed by atoms with Crippen molar-refractivity contribution in [2.75, 3.05) is 0 Å². The molecule has 1 aromatic carbocycles. The van der Waals surface area contributed by atoms with Crippen molar-refractivity contribution >= 4 is 34.8 Å². The van der Waals surface area contributed by atoms with Gasteiger partial charge in [-0.1, -0.05) is 34.8 Å². The van der Waals surface area contributed by atoms with Gasteiger partial charge in [0.15, 0.2) is 0 Å². The predicted molar refractivity (Wildman–Crippen MR) is 64.7 cm³/mol. The highest BCUT2D eigenvalue weighted by Gasteiger charge is 2.07. The summed E-state index contributed by atoms with van der Waals surface area (Å²) >= 11 is 18.0. The van der Waals surface area contributed by atoms with E-state index >= 15 is 0 Å². The summed E-state index contributed by atoms with van der Waals surface area (Å²) in [5, 5.41) is 1.83. The van der Waals surface area contributed by atoms with E-state index in [0.29, 0.717) is 15.1 Å². The van der Waals surface area contributed by atoms with Crippen LogP contribution < -0.4 is 0 Å². The van der Waals surface area contributed by atoms with Gasteiger partial charge >= 0.3 is 0 Å². The van der Waals surface area contributed by atoms with E-state index in [-0.39, 0.29) is 0 Å². The van der Waals surface area contributed by atoms with Gasteiger partial charge in [-0.25, -0.2) is 0 Å². The van der Waals surface area contributed by atoms with Gasteiger partial charge < -0.3 is 0 Å². The zero-order valence-corrected chi connectivity index (χ0v) is 9.81. The molecular weight excluding hydrogens is 252 g/mol. The van der Waals surface area contributed by atoms with E-state index in [1.165, 1.54) is 0 Å². The lowest BCUT2D eigenvalue weighted by Crippen LogP contribution is -1.83. The standard InChI is InChI=1S/C11H6Cl3N/c12-7-1-2-10(13)8(5-7)9-6-15-4-3-11(9)14/h1-6H. The van der Waals surface area contributed by atoms with Gasteiger partial charge in [0, 0.05) is 33.6 Å². The zero-order chi connectivity index (χ0) is 10.8. The molecule has 0 aliphatic heterocycles. The monoisotopic (exact) mass is 257 g/mol. The molecule has 0 spiro atoms. The van der Waals surface area contributed by atoms with Crippen molar-refractivity contribution in [3.8, 4) is 11.1 Å². The van der Waals surface area contributed by atoms with Gasteiger partial charge in [0.05, 0.1) is 5.02 Å². The number of nitrogens with zero attached hydrogens (tertiary/aromatic N) is 1. The minimum Gasteiger partial charge on any atom is -0.264 e. The number of hydrogen-bond acceptors (Lipinski definition) is 1. The molecule has 0 bridgehead atoms. The minimum absolute atomic E-state index is 0.606. The third kappa shape index (κ3) is 2.25. The van der Waals surface area contributed by atoms with Gasteiger partial charge in [0.2, 0.25) is 0 Å². The van der Waals surface area contributed by atoms with Crippen LogP contribution in [0.4, 0.5) is 0 Å². The summed E-state index contributed by atoms with van der Waals surface area (Å²) in [4.78, 5) is 4.01. The van der Waals surface area contributed by atoms with E-state index in [0.717, 1.165) is 11.1 Å². The number of aromatic nitrogens is 1. The van der Waals surface area contributed by atoms with Gasteiger partial charge in [-0.15, -0.1) is 0 Å². The molecule has 2 rings (SSSR count). The average molecular weight is 259 g/mol. The van der Waals surface area contributed by atoms with Crippen LogP contribution in [-0.2, 0) is 0 Å². The average Bonchev–Trinajstić information content (AvgIpc) is 2.23. The number of hydrogen-bond donors (Lipinski definition) is 0. The van der Waals surface area contributed by atoms with Crippen molar-refractivity contribution in [1.82, 2.24) is 4.98 Å². The minimum atomic E-state index is 0.606. The lowest BCUT2D eigenvalue weighted by atomic mass is 10.1. The summed E-state index contributed by atoms with van der Waals surface area (Å²) in [5.74, 6) is 0. The first kappa shape index (κ1) is 10.7. The molecule has 0 N–H and O–H groups in total. The van der Waals surface area contributed by atoms with Crippen LogP contribution in [0.5, 0.6) is 0 Å². The van der Waals surface area contributed by atoms with Gasteiger partial charge in [-0.3, -0.25) is 4.98 Å². The van der Waals surface area contributed by atoms with E-state index in [1.807, 2.05) is 0 Å². The van der Waals surface area contributed by atoms with E-state index in [9.17, 15) is 0 Å². The van der Waals surface area contributed by atoms with Crippen molar-refractivity contribution in [2.45, 2.75) is 0 Å². The van der Waals surface area contributed by atoms with Crippen LogP contribution in [0.1, 0.15) is 0 Å². The Balaban J connectivity index is 2.64. The number of benzene rings is 1. The fraction of sp³-hybridized carbons (Fsp3) is 0. The topological polar surface area (TPSA) is 12.9 Å². The Bertz CT molecular complexity index is 497. The largest absolute Gasteiger partial charge is 0.264 e. The molecule has 0 aliphatic carbocycles. The van der Waals surface area contributed by atoms with Gasteiger partial charge in [0.25, 0.3) is 0 Å². The molecule has 0 saturated carbocycles. The number of halogens is 3. The second kappa shape index (κ2) is 4.40. The first-order valence-electron chi connectivity index (χ1n) is 4.23. The SMILES string of the molecule is Clc1ccc(Cl)c(-c2cnccc2Cl)c1. The molecule has 0 aliphatic rings. The highest BCUT2D eigenvalue weighted by Crippen LogP contribution is 2.34. The Labute approximate surface area is 103 Å². The molecule has 0 radical (unpaired) electrons. The second-order valence-electron chi connectivity index (χ2n) is 2.98. The normalized spacial score (nSPS) is 10.3. The van der Waals surface area contributed by atoms with Crippen LogP contribution in [0.15, 0.2) is 36.7 Å². The van der Waals surface area contributed by atoms with Crippen molar-refractivity contribution in [3.05, 3.63) is 51.7 Å². The summed E-state index contributed by atoms with van der Waals surface area (Å²) < 4.78 is 0. The first-order valence-corrected chi connectivity index (χ1v) is 5.37. The Hall–Kier alpha value is -0.760. The molecule has 0 atom stereocenters. The summed E-state index contributed by atoms with van der Waals surface area (Å²) in [7, 11) is 0. The smallest absolute Gasteiger partial charge is 0.0515 e. The van der Waals surface area contributed by atoms with E-state index in [1.54, 1.807) is 36.7 Å². The van der Waals surface area contributed by atoms with Crippen LogP contribution in [-0.4, -0.2) is 4.98 Å². The van der Waals surface area contributed by atoms with Gasteiger partial charge in [-0.05, 0) is 24.3 Å². The summed E-state index contributed by atoms with van der Waals surface area (Å²) in [5.41, 5.74) is 1.58. The number of pyridine rings is 1. The second-order valence-corrected chi connectivity index (χ2v) is 4.23. The summed E-state index contributed by atoms with van der Waals surface area (Å²) in [6.45, 7) is 0. The third-order valence-electron chi connectivity index (χ3n) is 1.99. The van der Waals surface area contributed by atoms with Crippen LogP contribution >= 0.6 is 34.8 Å². The third-order valence-corrected chi connectivity index (χ3v) is 2.88. The van der Waals surface area contributed by atoms with Gasteiger partial charge in [-0.2, -0.15) is 0 Å².